The van der Waals surface area contributed by atoms with Crippen LogP contribution in [0.25, 0.3) is 22.0 Å². The number of nitrogens with one attached hydrogen (secondary N) is 3. The maximum atomic E-state index is 13.8. The first-order valence-electron chi connectivity index (χ1n) is 9.06. The van der Waals surface area contributed by atoms with Crippen LogP contribution in [0.3, 0.4) is 0 Å². The van der Waals surface area contributed by atoms with Gasteiger partial charge in [-0.2, -0.15) is 18.3 Å². The number of halogens is 4. The van der Waals surface area contributed by atoms with E-state index in [0.717, 1.165) is 27.7 Å². The first-order valence-corrected chi connectivity index (χ1v) is 9.06. The number of alkyl halides is 3. The van der Waals surface area contributed by atoms with Crippen molar-refractivity contribution in [2.24, 2.45) is 0 Å². The molecule has 0 spiro atoms. The fourth-order valence-electron chi connectivity index (χ4n) is 3.16. The number of pyridine rings is 1. The molecule has 10 heteroatoms. The van der Waals surface area contributed by atoms with Crippen molar-refractivity contribution in [2.45, 2.75) is 13.1 Å². The van der Waals surface area contributed by atoms with Crippen molar-refractivity contribution in [1.29, 1.82) is 0 Å². The number of hydrogen-bond donors (Lipinski definition) is 3. The molecule has 2 aromatic carbocycles. The number of amides is 2. The molecule has 2 amide bonds. The van der Waals surface area contributed by atoms with E-state index in [9.17, 15) is 22.4 Å². The number of hydrogen-bond acceptors (Lipinski definition) is 3. The van der Waals surface area contributed by atoms with Gasteiger partial charge in [-0.3, -0.25) is 10.1 Å². The minimum Gasteiger partial charge on any atom is -0.308 e. The van der Waals surface area contributed by atoms with Gasteiger partial charge in [0.2, 0.25) is 0 Å². The lowest BCUT2D eigenvalue weighted by molar-refractivity contribution is -0.137. The number of aromatic amines is 1. The summed E-state index contributed by atoms with van der Waals surface area (Å²) >= 11 is 0. The largest absolute Gasteiger partial charge is 0.416 e. The summed E-state index contributed by atoms with van der Waals surface area (Å²) < 4.78 is 52.2. The zero-order chi connectivity index (χ0) is 22.2. The Kier molecular flexibility index (Phi) is 5.05. The quantitative estimate of drug-likeness (QED) is 0.364. The van der Waals surface area contributed by atoms with Crippen LogP contribution in [-0.4, -0.2) is 21.2 Å². The Hall–Kier alpha value is -3.95. The van der Waals surface area contributed by atoms with Crippen molar-refractivity contribution in [3.05, 3.63) is 71.9 Å². The number of carbonyl (C=O) groups is 1. The van der Waals surface area contributed by atoms with Gasteiger partial charge in [-0.25, -0.2) is 9.18 Å². The second-order valence-corrected chi connectivity index (χ2v) is 6.78. The number of rotatable bonds is 3. The summed E-state index contributed by atoms with van der Waals surface area (Å²) in [5, 5.41) is 12.6. The van der Waals surface area contributed by atoms with Gasteiger partial charge >= 0.3 is 12.2 Å². The molecule has 0 saturated carbocycles. The molecule has 0 atom stereocenters. The average molecular weight is 429 g/mol. The maximum Gasteiger partial charge on any atom is 0.416 e. The van der Waals surface area contributed by atoms with E-state index in [1.807, 2.05) is 6.92 Å². The Balaban J connectivity index is 1.51. The van der Waals surface area contributed by atoms with Crippen LogP contribution in [0.2, 0.25) is 0 Å². The Labute approximate surface area is 173 Å². The molecule has 0 unspecified atom stereocenters. The summed E-state index contributed by atoms with van der Waals surface area (Å²) in [6, 6.07) is 7.66. The van der Waals surface area contributed by atoms with Gasteiger partial charge in [-0.1, -0.05) is 12.1 Å². The summed E-state index contributed by atoms with van der Waals surface area (Å²) in [5.41, 5.74) is 2.03. The van der Waals surface area contributed by atoms with E-state index in [0.29, 0.717) is 23.9 Å². The summed E-state index contributed by atoms with van der Waals surface area (Å²) in [7, 11) is 0. The third-order valence-electron chi connectivity index (χ3n) is 4.64. The van der Waals surface area contributed by atoms with Gasteiger partial charge in [0.1, 0.15) is 11.3 Å². The smallest absolute Gasteiger partial charge is 0.308 e. The van der Waals surface area contributed by atoms with Crippen LogP contribution >= 0.6 is 0 Å². The van der Waals surface area contributed by atoms with E-state index in [2.05, 4.69) is 25.8 Å². The minimum absolute atomic E-state index is 0.373. The summed E-state index contributed by atoms with van der Waals surface area (Å²) in [4.78, 5) is 16.3. The molecule has 158 valence electrons. The van der Waals surface area contributed by atoms with E-state index in [1.54, 1.807) is 36.7 Å². The average Bonchev–Trinajstić information content (AvgIpc) is 3.10. The van der Waals surface area contributed by atoms with Gasteiger partial charge < -0.3 is 10.6 Å². The van der Waals surface area contributed by atoms with Crippen LogP contribution in [0.4, 0.5) is 33.7 Å². The fourth-order valence-corrected chi connectivity index (χ4v) is 3.16. The monoisotopic (exact) mass is 429 g/mol. The molecule has 0 radical (unpaired) electrons. The first-order chi connectivity index (χ1) is 14.7. The Morgan fingerprint density at radius 1 is 1.03 bits per heavy atom. The van der Waals surface area contributed by atoms with E-state index < -0.39 is 29.3 Å². The van der Waals surface area contributed by atoms with Crippen molar-refractivity contribution in [1.82, 2.24) is 15.2 Å². The lowest BCUT2D eigenvalue weighted by Crippen LogP contribution is -2.20. The van der Waals surface area contributed by atoms with Crippen molar-refractivity contribution in [3.63, 3.8) is 0 Å². The SMILES string of the molecule is Cc1[nH]nc2cncc(-c3ccc(NC(=O)Nc4cc(C(F)(F)F)ccc4F)cc3)c12. The topological polar surface area (TPSA) is 82.7 Å². The van der Waals surface area contributed by atoms with Gasteiger partial charge in [-0.05, 0) is 42.8 Å². The second kappa shape index (κ2) is 7.71. The standard InChI is InChI=1S/C21H15F4N5O/c1-11-19-15(9-26-10-18(19)30-29-11)12-2-5-14(6-3-12)27-20(31)28-17-8-13(21(23,24)25)4-7-16(17)22/h2-10H,1H3,(H,29,30)(H2,27,28,31). The number of fused-ring (bicyclic) bond motifs is 1. The molecule has 0 aliphatic carbocycles. The molecule has 4 aromatic rings. The number of aryl methyl sites for hydroxylation is 1. The van der Waals surface area contributed by atoms with Gasteiger partial charge in [0.15, 0.2) is 0 Å². The molecule has 3 N–H and O–H groups in total. The van der Waals surface area contributed by atoms with Crippen LogP contribution in [0, 0.1) is 12.7 Å². The van der Waals surface area contributed by atoms with Crippen LogP contribution in [-0.2, 0) is 6.18 Å². The predicted molar refractivity (Wildman–Crippen MR) is 108 cm³/mol. The van der Waals surface area contributed by atoms with Gasteiger partial charge in [0, 0.05) is 28.5 Å². The number of carbonyl (C=O) groups excluding carboxylic acids is 1. The normalized spacial score (nSPS) is 11.5. The first kappa shape index (κ1) is 20.3. The predicted octanol–water partition coefficient (Wildman–Crippen LogP) is 5.74. The molecular weight excluding hydrogens is 414 g/mol. The van der Waals surface area contributed by atoms with Gasteiger partial charge in [0.25, 0.3) is 0 Å². The Morgan fingerprint density at radius 3 is 2.48 bits per heavy atom. The molecule has 0 fully saturated rings. The third kappa shape index (κ3) is 4.18. The number of nitrogens with zero attached hydrogens (tertiary/aromatic N) is 2. The molecular formula is C21H15F4N5O. The van der Waals surface area contributed by atoms with Crippen molar-refractivity contribution in [3.8, 4) is 11.1 Å². The van der Waals surface area contributed by atoms with E-state index in [4.69, 9.17) is 0 Å². The minimum atomic E-state index is -4.65. The second-order valence-electron chi connectivity index (χ2n) is 6.78. The molecule has 4 rings (SSSR count). The Morgan fingerprint density at radius 2 is 1.77 bits per heavy atom. The Bertz CT molecular complexity index is 1270. The summed E-state index contributed by atoms with van der Waals surface area (Å²) in [6.45, 7) is 1.89. The van der Waals surface area contributed by atoms with Crippen LogP contribution in [0.5, 0.6) is 0 Å². The van der Waals surface area contributed by atoms with Crippen molar-refractivity contribution in [2.75, 3.05) is 10.6 Å². The lowest BCUT2D eigenvalue weighted by atomic mass is 10.0. The number of urea groups is 1. The zero-order valence-corrected chi connectivity index (χ0v) is 16.0. The third-order valence-corrected chi connectivity index (χ3v) is 4.64. The lowest BCUT2D eigenvalue weighted by Gasteiger charge is -2.12. The number of aromatic nitrogens is 3. The molecule has 2 aromatic heterocycles. The molecule has 31 heavy (non-hydrogen) atoms. The van der Waals surface area contributed by atoms with E-state index >= 15 is 0 Å². The molecule has 0 aliphatic rings. The summed E-state index contributed by atoms with van der Waals surface area (Å²) in [5.74, 6) is -0.977. The molecule has 0 bridgehead atoms. The maximum absolute atomic E-state index is 13.8. The number of benzene rings is 2. The van der Waals surface area contributed by atoms with Crippen molar-refractivity contribution < 1.29 is 22.4 Å². The van der Waals surface area contributed by atoms with Crippen LogP contribution < -0.4 is 10.6 Å². The van der Waals surface area contributed by atoms with Crippen molar-refractivity contribution >= 4 is 28.3 Å². The molecule has 6 nitrogen and oxygen atoms in total. The summed E-state index contributed by atoms with van der Waals surface area (Å²) in [6.07, 6.45) is -1.30. The highest BCUT2D eigenvalue weighted by molar-refractivity contribution is 6.00. The highest BCUT2D eigenvalue weighted by Crippen LogP contribution is 2.32. The number of H-pyrrole nitrogens is 1. The zero-order valence-electron chi connectivity index (χ0n) is 16.0. The van der Waals surface area contributed by atoms with E-state index in [-0.39, 0.29) is 0 Å². The van der Waals surface area contributed by atoms with E-state index in [1.165, 1.54) is 0 Å². The highest BCUT2D eigenvalue weighted by atomic mass is 19.4. The fraction of sp³-hybridized carbons (Fsp3) is 0.0952. The number of anilines is 2. The molecule has 2 heterocycles. The van der Waals surface area contributed by atoms with Crippen LogP contribution in [0.1, 0.15) is 11.3 Å². The van der Waals surface area contributed by atoms with Crippen LogP contribution in [0.15, 0.2) is 54.9 Å². The molecule has 0 saturated heterocycles. The molecule has 0 aliphatic heterocycles. The van der Waals surface area contributed by atoms with Gasteiger partial charge in [0.05, 0.1) is 17.4 Å². The van der Waals surface area contributed by atoms with Gasteiger partial charge in [-0.15, -0.1) is 0 Å². The highest BCUT2D eigenvalue weighted by Gasteiger charge is 2.31.